The van der Waals surface area contributed by atoms with Gasteiger partial charge in [-0.15, -0.1) is 0 Å². The van der Waals surface area contributed by atoms with Crippen LogP contribution in [0.2, 0.25) is 0 Å². The van der Waals surface area contributed by atoms with Crippen LogP contribution in [0.4, 0.5) is 0 Å². The summed E-state index contributed by atoms with van der Waals surface area (Å²) >= 11 is 0. The summed E-state index contributed by atoms with van der Waals surface area (Å²) < 4.78 is 2.07. The highest BCUT2D eigenvalue weighted by molar-refractivity contribution is 7.56. The van der Waals surface area contributed by atoms with E-state index in [9.17, 15) is 4.89 Å². The van der Waals surface area contributed by atoms with Crippen LogP contribution >= 0.6 is 7.94 Å². The molecule has 0 aliphatic carbocycles. The van der Waals surface area contributed by atoms with E-state index in [2.05, 4.69) is 11.5 Å². The first-order valence-corrected chi connectivity index (χ1v) is 8.83. The zero-order valence-electron chi connectivity index (χ0n) is 11.7. The first-order valence-electron chi connectivity index (χ1n) is 7.04. The van der Waals surface area contributed by atoms with Gasteiger partial charge < -0.3 is 4.89 Å². The van der Waals surface area contributed by atoms with E-state index < -0.39 is 7.94 Å². The Kier molecular flexibility index (Phi) is 7.47. The van der Waals surface area contributed by atoms with Crippen LogP contribution in [0, 0.1) is 0 Å². The molecule has 0 saturated heterocycles. The van der Waals surface area contributed by atoms with E-state index in [-0.39, 0.29) is 6.16 Å². The molecule has 0 aliphatic heterocycles. The van der Waals surface area contributed by atoms with Gasteiger partial charge in [0.25, 0.3) is 0 Å². The fraction of sp³-hybridized carbons (Fsp3) is 0.643. The van der Waals surface area contributed by atoms with E-state index in [1.807, 2.05) is 12.4 Å². The fourth-order valence-electron chi connectivity index (χ4n) is 2.06. The molecule has 1 heterocycles. The highest BCUT2D eigenvalue weighted by Gasteiger charge is 2.19. The normalized spacial score (nSPS) is 11.8. The summed E-state index contributed by atoms with van der Waals surface area (Å²) in [6.45, 7) is 3.19. The van der Waals surface area contributed by atoms with E-state index in [1.165, 1.54) is 32.1 Å². The second-order valence-electron chi connectivity index (χ2n) is 5.03. The summed E-state index contributed by atoms with van der Waals surface area (Å²) in [5.41, 5.74) is 0.688. The Hall–Kier alpha value is -0.540. The molecule has 19 heavy (non-hydrogen) atoms. The van der Waals surface area contributed by atoms with Gasteiger partial charge in [0.2, 0.25) is 7.94 Å². The third kappa shape index (κ3) is 8.27. The molecule has 0 aromatic carbocycles. The van der Waals surface area contributed by atoms with Crippen molar-refractivity contribution in [3.8, 4) is 0 Å². The Morgan fingerprint density at radius 2 is 1.63 bits per heavy atom. The number of nitrogens with zero attached hydrogens (tertiary/aromatic N) is 1. The van der Waals surface area contributed by atoms with E-state index in [4.69, 9.17) is 9.79 Å². The lowest BCUT2D eigenvalue weighted by molar-refractivity contribution is -0.697. The number of aromatic nitrogens is 1. The molecule has 0 fully saturated rings. The summed E-state index contributed by atoms with van der Waals surface area (Å²) in [6.07, 6.45) is 11.2. The Labute approximate surface area is 116 Å². The molecule has 0 bridgehead atoms. The monoisotopic (exact) mass is 286 g/mol. The van der Waals surface area contributed by atoms with Crippen LogP contribution in [0.5, 0.6) is 0 Å². The minimum absolute atomic E-state index is 0.176. The maximum atomic E-state index is 10.9. The summed E-state index contributed by atoms with van der Waals surface area (Å²) in [4.78, 5) is 28.6. The number of hydrogen-bond donors (Lipinski definition) is 2. The Bertz CT molecular complexity index is 349. The zero-order valence-corrected chi connectivity index (χ0v) is 12.6. The Balaban J connectivity index is 2.25. The number of unbranched alkanes of at least 4 members (excludes halogenated alkanes) is 5. The van der Waals surface area contributed by atoms with Crippen LogP contribution in [-0.4, -0.2) is 9.79 Å². The molecule has 0 spiro atoms. The molecule has 0 saturated carbocycles. The second kappa shape index (κ2) is 8.60. The summed E-state index contributed by atoms with van der Waals surface area (Å²) in [6, 6.07) is 3.58. The van der Waals surface area contributed by atoms with Crippen molar-refractivity contribution >= 4 is 7.94 Å². The maximum Gasteiger partial charge on any atom is 0.234 e. The number of rotatable bonds is 9. The van der Waals surface area contributed by atoms with Crippen LogP contribution in [-0.2, 0) is 12.7 Å². The maximum absolute atomic E-state index is 10.9. The van der Waals surface area contributed by atoms with Crippen LogP contribution in [0.15, 0.2) is 24.5 Å². The van der Waals surface area contributed by atoms with E-state index >= 15 is 0 Å². The lowest BCUT2D eigenvalue weighted by Crippen LogP contribution is -2.32. The Morgan fingerprint density at radius 1 is 1.05 bits per heavy atom. The molecule has 4 nitrogen and oxygen atoms in total. The third-order valence-corrected chi connectivity index (χ3v) is 3.90. The largest absolute Gasteiger partial charge is 0.632 e. The SMILES string of the molecule is CCCCCCCC[n+]1ccc(C[P+]([O-])(O)O)cc1. The van der Waals surface area contributed by atoms with Crippen molar-refractivity contribution in [2.75, 3.05) is 0 Å². The second-order valence-corrected chi connectivity index (χ2v) is 6.68. The van der Waals surface area contributed by atoms with Gasteiger partial charge in [0.15, 0.2) is 12.4 Å². The van der Waals surface area contributed by atoms with Gasteiger partial charge in [0.05, 0.1) is 0 Å². The van der Waals surface area contributed by atoms with Gasteiger partial charge in [-0.1, -0.05) is 32.6 Å². The van der Waals surface area contributed by atoms with E-state index in [1.54, 1.807) is 12.1 Å². The quantitative estimate of drug-likeness (QED) is 0.414. The van der Waals surface area contributed by atoms with Crippen LogP contribution in [0.1, 0.15) is 51.0 Å². The minimum atomic E-state index is -3.95. The summed E-state index contributed by atoms with van der Waals surface area (Å²) in [5, 5.41) is 0. The lowest BCUT2D eigenvalue weighted by atomic mass is 10.1. The number of aryl methyl sites for hydroxylation is 1. The highest BCUT2D eigenvalue weighted by atomic mass is 31.2. The van der Waals surface area contributed by atoms with Gasteiger partial charge >= 0.3 is 0 Å². The predicted octanol–water partition coefficient (Wildman–Crippen LogP) is 1.94. The van der Waals surface area contributed by atoms with Gasteiger partial charge in [0.1, 0.15) is 12.7 Å². The van der Waals surface area contributed by atoms with Gasteiger partial charge in [-0.25, -0.2) is 14.4 Å². The summed E-state index contributed by atoms with van der Waals surface area (Å²) in [5.74, 6) is 0. The van der Waals surface area contributed by atoms with Crippen molar-refractivity contribution in [1.82, 2.24) is 0 Å². The molecular weight excluding hydrogens is 261 g/mol. The first kappa shape index (κ1) is 16.5. The third-order valence-electron chi connectivity index (χ3n) is 3.12. The zero-order chi connectivity index (χ0) is 14.1. The van der Waals surface area contributed by atoms with Gasteiger partial charge in [-0.2, -0.15) is 0 Å². The van der Waals surface area contributed by atoms with E-state index in [0.29, 0.717) is 5.56 Å². The van der Waals surface area contributed by atoms with Crippen molar-refractivity contribution in [1.29, 1.82) is 0 Å². The average Bonchev–Trinajstić information content (AvgIpc) is 2.34. The molecule has 1 aromatic heterocycles. The highest BCUT2D eigenvalue weighted by Crippen LogP contribution is 2.42. The van der Waals surface area contributed by atoms with Crippen molar-refractivity contribution in [2.45, 2.75) is 58.2 Å². The van der Waals surface area contributed by atoms with E-state index in [0.717, 1.165) is 13.0 Å². The van der Waals surface area contributed by atoms with Crippen LogP contribution in [0.25, 0.3) is 0 Å². The minimum Gasteiger partial charge on any atom is -0.632 e. The van der Waals surface area contributed by atoms with Crippen molar-refractivity contribution in [2.24, 2.45) is 0 Å². The molecular formula is C14H25NO3P+. The lowest BCUT2D eigenvalue weighted by Gasteiger charge is -2.14. The van der Waals surface area contributed by atoms with Gasteiger partial charge in [-0.3, -0.25) is 0 Å². The van der Waals surface area contributed by atoms with Crippen molar-refractivity contribution in [3.05, 3.63) is 30.1 Å². The Morgan fingerprint density at radius 3 is 2.21 bits per heavy atom. The molecule has 1 aromatic rings. The molecule has 0 aliphatic rings. The molecule has 0 unspecified atom stereocenters. The van der Waals surface area contributed by atoms with Crippen molar-refractivity contribution in [3.63, 3.8) is 0 Å². The van der Waals surface area contributed by atoms with Crippen molar-refractivity contribution < 1.29 is 19.2 Å². The first-order chi connectivity index (χ1) is 9.01. The fourth-order valence-corrected chi connectivity index (χ4v) is 2.74. The molecule has 2 N–H and O–H groups in total. The number of hydrogen-bond acceptors (Lipinski definition) is 3. The molecule has 5 heteroatoms. The van der Waals surface area contributed by atoms with Gasteiger partial charge in [0, 0.05) is 24.1 Å². The molecule has 1 rings (SSSR count). The van der Waals surface area contributed by atoms with Gasteiger partial charge in [-0.05, 0) is 6.42 Å². The molecule has 0 amide bonds. The number of pyridine rings is 1. The molecule has 0 atom stereocenters. The summed E-state index contributed by atoms with van der Waals surface area (Å²) in [7, 11) is -3.95. The average molecular weight is 286 g/mol. The predicted molar refractivity (Wildman–Crippen MR) is 75.1 cm³/mol. The molecule has 108 valence electrons. The molecule has 0 radical (unpaired) electrons. The van der Waals surface area contributed by atoms with Crippen LogP contribution in [0.3, 0.4) is 0 Å². The van der Waals surface area contributed by atoms with Crippen LogP contribution < -0.4 is 9.46 Å². The topological polar surface area (TPSA) is 67.4 Å². The smallest absolute Gasteiger partial charge is 0.234 e. The standard InChI is InChI=1S/C14H24NO3P/c1-2-3-4-5-6-7-10-15-11-8-14(9-12-15)13-19(16,17)18/h8-9,11-12H,2-7,10,13H2,1H3,(H-,16,17,18)/p+1.